The third-order valence-electron chi connectivity index (χ3n) is 5.80. The molecule has 2 atom stereocenters. The van der Waals surface area contributed by atoms with Gasteiger partial charge in [-0.3, -0.25) is 10.1 Å². The maximum Gasteiger partial charge on any atom is 0.237 e. The zero-order chi connectivity index (χ0) is 26.3. The van der Waals surface area contributed by atoms with E-state index in [1.807, 2.05) is 44.2 Å². The molecular weight excluding hydrogens is 477 g/mol. The number of benzene rings is 3. The quantitative estimate of drug-likeness (QED) is 0.390. The highest BCUT2D eigenvalue weighted by Crippen LogP contribution is 2.28. The van der Waals surface area contributed by atoms with Crippen molar-refractivity contribution in [3.05, 3.63) is 89.7 Å². The number of hydrogen-bond acceptors (Lipinski definition) is 5. The van der Waals surface area contributed by atoms with E-state index in [4.69, 9.17) is 5.26 Å². The Morgan fingerprint density at radius 1 is 0.917 bits per heavy atom. The molecule has 0 spiro atoms. The number of sulfone groups is 1. The second-order valence-corrected chi connectivity index (χ2v) is 11.1. The minimum atomic E-state index is -3.27. The molecule has 0 aliphatic heterocycles. The minimum absolute atomic E-state index is 0.0802. The van der Waals surface area contributed by atoms with Gasteiger partial charge in [-0.05, 0) is 58.9 Å². The van der Waals surface area contributed by atoms with Crippen LogP contribution in [0.1, 0.15) is 37.4 Å². The summed E-state index contributed by atoms with van der Waals surface area (Å²) < 4.78 is 37.1. The summed E-state index contributed by atoms with van der Waals surface area (Å²) in [6.45, 7) is 3.95. The monoisotopic (exact) mass is 507 g/mol. The van der Waals surface area contributed by atoms with Crippen molar-refractivity contribution in [1.82, 2.24) is 10.6 Å². The topological polar surface area (TPSA) is 99.1 Å². The number of halogens is 1. The van der Waals surface area contributed by atoms with Gasteiger partial charge in [-0.1, -0.05) is 62.4 Å². The molecule has 1 unspecified atom stereocenters. The van der Waals surface area contributed by atoms with Gasteiger partial charge in [-0.25, -0.2) is 12.8 Å². The maximum atomic E-state index is 13.6. The molecular formula is C28H30FN3O3S. The molecule has 0 fully saturated rings. The summed E-state index contributed by atoms with van der Waals surface area (Å²) in [4.78, 5) is 13.1. The Balaban J connectivity index is 1.94. The van der Waals surface area contributed by atoms with Gasteiger partial charge >= 0.3 is 0 Å². The molecule has 0 bridgehead atoms. The van der Waals surface area contributed by atoms with Gasteiger partial charge in [0.25, 0.3) is 0 Å². The van der Waals surface area contributed by atoms with Crippen LogP contribution < -0.4 is 10.6 Å². The Morgan fingerprint density at radius 3 is 1.89 bits per heavy atom. The molecule has 0 aliphatic carbocycles. The van der Waals surface area contributed by atoms with Crippen molar-refractivity contribution in [2.75, 3.05) is 12.8 Å². The van der Waals surface area contributed by atoms with Crippen molar-refractivity contribution in [3.63, 3.8) is 0 Å². The van der Waals surface area contributed by atoms with Crippen LogP contribution in [0.25, 0.3) is 11.1 Å². The summed E-state index contributed by atoms with van der Waals surface area (Å²) >= 11 is 0. The molecule has 2 N–H and O–H groups in total. The molecule has 0 aliphatic rings. The van der Waals surface area contributed by atoms with E-state index < -0.39 is 21.9 Å². The second kappa shape index (κ2) is 11.9. The van der Waals surface area contributed by atoms with Crippen LogP contribution in [0.3, 0.4) is 0 Å². The number of nitrogens with zero attached hydrogens (tertiary/aromatic N) is 1. The average Bonchev–Trinajstić information content (AvgIpc) is 2.85. The lowest BCUT2D eigenvalue weighted by atomic mass is 9.94. The summed E-state index contributed by atoms with van der Waals surface area (Å²) in [6.07, 6.45) is 1.73. The molecule has 0 saturated heterocycles. The van der Waals surface area contributed by atoms with Crippen molar-refractivity contribution >= 4 is 15.7 Å². The van der Waals surface area contributed by atoms with Crippen molar-refractivity contribution in [2.45, 2.75) is 37.2 Å². The van der Waals surface area contributed by atoms with Crippen molar-refractivity contribution in [2.24, 2.45) is 5.92 Å². The van der Waals surface area contributed by atoms with E-state index in [1.165, 1.54) is 18.4 Å². The molecule has 3 rings (SSSR count). The lowest BCUT2D eigenvalue weighted by Gasteiger charge is -2.27. The number of hydrogen-bond donors (Lipinski definition) is 2. The first-order valence-electron chi connectivity index (χ1n) is 11.6. The first-order chi connectivity index (χ1) is 17.1. The molecule has 6 nitrogen and oxygen atoms in total. The summed E-state index contributed by atoms with van der Waals surface area (Å²) in [5.41, 5.74) is 3.44. The average molecular weight is 508 g/mol. The fourth-order valence-electron chi connectivity index (χ4n) is 3.98. The van der Waals surface area contributed by atoms with E-state index in [9.17, 15) is 17.6 Å². The van der Waals surface area contributed by atoms with Crippen LogP contribution in [0.5, 0.6) is 0 Å². The molecule has 0 radical (unpaired) electrons. The van der Waals surface area contributed by atoms with Gasteiger partial charge in [0.15, 0.2) is 9.84 Å². The van der Waals surface area contributed by atoms with E-state index in [-0.39, 0.29) is 29.1 Å². The summed E-state index contributed by atoms with van der Waals surface area (Å²) in [7, 11) is -3.27. The Labute approximate surface area is 212 Å². The predicted molar refractivity (Wildman–Crippen MR) is 138 cm³/mol. The third-order valence-corrected chi connectivity index (χ3v) is 6.92. The standard InChI is InChI=1S/C28H30FN3O3S/c1-19(2)18-26(28(33)31-17-16-30)32-27(23-8-12-24(29)13-9-23)22-6-4-20(5-7-22)21-10-14-25(15-11-21)36(3,34)35/h4-15,19,26-27,32H,17-18H2,1-3H3,(H,31,33)/t26-,27?/m0/s1. The maximum absolute atomic E-state index is 13.6. The van der Waals surface area contributed by atoms with Crippen molar-refractivity contribution < 1.29 is 17.6 Å². The molecule has 0 aromatic heterocycles. The molecule has 3 aromatic carbocycles. The summed E-state index contributed by atoms with van der Waals surface area (Å²) in [5.74, 6) is -0.391. The van der Waals surface area contributed by atoms with Gasteiger partial charge < -0.3 is 5.32 Å². The summed E-state index contributed by atoms with van der Waals surface area (Å²) in [5, 5.41) is 14.9. The number of carbonyl (C=O) groups is 1. The predicted octanol–water partition coefficient (Wildman–Crippen LogP) is 4.63. The van der Waals surface area contributed by atoms with E-state index >= 15 is 0 Å². The zero-order valence-corrected chi connectivity index (χ0v) is 21.3. The summed E-state index contributed by atoms with van der Waals surface area (Å²) in [6, 6.07) is 21.5. The molecule has 188 valence electrons. The number of nitriles is 1. The highest BCUT2D eigenvalue weighted by molar-refractivity contribution is 7.90. The van der Waals surface area contributed by atoms with Gasteiger partial charge in [-0.15, -0.1) is 0 Å². The van der Waals surface area contributed by atoms with E-state index in [0.717, 1.165) is 22.3 Å². The lowest BCUT2D eigenvalue weighted by Crippen LogP contribution is -2.46. The Morgan fingerprint density at radius 2 is 1.42 bits per heavy atom. The Kier molecular flexibility index (Phi) is 8.97. The minimum Gasteiger partial charge on any atom is -0.342 e. The zero-order valence-electron chi connectivity index (χ0n) is 20.5. The normalized spacial score (nSPS) is 13.1. The van der Waals surface area contributed by atoms with Crippen LogP contribution in [0.4, 0.5) is 4.39 Å². The van der Waals surface area contributed by atoms with Crippen LogP contribution in [0.15, 0.2) is 77.7 Å². The Hall–Kier alpha value is -3.54. The highest BCUT2D eigenvalue weighted by atomic mass is 32.2. The van der Waals surface area contributed by atoms with E-state index in [2.05, 4.69) is 10.6 Å². The van der Waals surface area contributed by atoms with Gasteiger partial charge in [0.2, 0.25) is 5.91 Å². The molecule has 1 amide bonds. The van der Waals surface area contributed by atoms with Gasteiger partial charge in [0.05, 0.1) is 23.0 Å². The largest absolute Gasteiger partial charge is 0.342 e. The van der Waals surface area contributed by atoms with Crippen LogP contribution >= 0.6 is 0 Å². The molecule has 0 heterocycles. The molecule has 8 heteroatoms. The molecule has 0 saturated carbocycles. The fraction of sp³-hybridized carbons (Fsp3) is 0.286. The number of rotatable bonds is 10. The Bertz CT molecular complexity index is 1310. The van der Waals surface area contributed by atoms with Crippen LogP contribution in [-0.2, 0) is 14.6 Å². The number of nitrogens with one attached hydrogen (secondary N) is 2. The van der Waals surface area contributed by atoms with Gasteiger partial charge in [0, 0.05) is 6.26 Å². The van der Waals surface area contributed by atoms with Gasteiger partial charge in [0.1, 0.15) is 12.4 Å². The SMILES string of the molecule is CC(C)C[C@H](NC(c1ccc(F)cc1)c1ccc(-c2ccc(S(C)(=O)=O)cc2)cc1)C(=O)NCC#N. The fourth-order valence-corrected chi connectivity index (χ4v) is 4.61. The first kappa shape index (κ1) is 27.1. The van der Waals surface area contributed by atoms with Crippen molar-refractivity contribution in [3.8, 4) is 17.2 Å². The third kappa shape index (κ3) is 7.23. The molecule has 3 aromatic rings. The van der Waals surface area contributed by atoms with E-state index in [1.54, 1.807) is 36.4 Å². The number of amides is 1. The van der Waals surface area contributed by atoms with E-state index in [0.29, 0.717) is 6.42 Å². The highest BCUT2D eigenvalue weighted by Gasteiger charge is 2.25. The van der Waals surface area contributed by atoms with Crippen LogP contribution in [0, 0.1) is 23.1 Å². The first-order valence-corrected chi connectivity index (χ1v) is 13.5. The molecule has 36 heavy (non-hydrogen) atoms. The number of carbonyl (C=O) groups excluding carboxylic acids is 1. The van der Waals surface area contributed by atoms with Gasteiger partial charge in [-0.2, -0.15) is 5.26 Å². The van der Waals surface area contributed by atoms with Crippen LogP contribution in [0.2, 0.25) is 0 Å². The smallest absolute Gasteiger partial charge is 0.237 e. The second-order valence-electron chi connectivity index (χ2n) is 9.13. The lowest BCUT2D eigenvalue weighted by molar-refractivity contribution is -0.123. The van der Waals surface area contributed by atoms with Crippen LogP contribution in [-0.4, -0.2) is 33.2 Å². The van der Waals surface area contributed by atoms with Crippen molar-refractivity contribution in [1.29, 1.82) is 5.26 Å².